The Morgan fingerprint density at radius 2 is 2.00 bits per heavy atom. The molecule has 0 saturated heterocycles. The Hall–Kier alpha value is -1.32. The second-order valence-corrected chi connectivity index (χ2v) is 5.79. The van der Waals surface area contributed by atoms with E-state index in [2.05, 4.69) is 48.7 Å². The lowest BCUT2D eigenvalue weighted by Gasteiger charge is -2.07. The van der Waals surface area contributed by atoms with Crippen LogP contribution in [-0.4, -0.2) is 16.3 Å². The number of aromatic nitrogens is 2. The zero-order valence-electron chi connectivity index (χ0n) is 13.1. The van der Waals surface area contributed by atoms with Crippen molar-refractivity contribution >= 4 is 11.6 Å². The number of halogens is 1. The molecule has 21 heavy (non-hydrogen) atoms. The summed E-state index contributed by atoms with van der Waals surface area (Å²) >= 11 is 6.47. The molecule has 0 aliphatic heterocycles. The molecule has 0 fully saturated rings. The highest BCUT2D eigenvalue weighted by Gasteiger charge is 2.11. The molecule has 1 aromatic carbocycles. The molecule has 0 saturated carbocycles. The smallest absolute Gasteiger partial charge is 0.0672 e. The van der Waals surface area contributed by atoms with Gasteiger partial charge in [0.1, 0.15) is 0 Å². The third-order valence-corrected chi connectivity index (χ3v) is 3.79. The molecule has 4 heteroatoms. The highest BCUT2D eigenvalue weighted by atomic mass is 35.5. The Morgan fingerprint density at radius 3 is 2.67 bits per heavy atom. The Morgan fingerprint density at radius 1 is 1.19 bits per heavy atom. The fourth-order valence-electron chi connectivity index (χ4n) is 2.42. The van der Waals surface area contributed by atoms with Crippen molar-refractivity contribution in [3.63, 3.8) is 0 Å². The largest absolute Gasteiger partial charge is 0.313 e. The first kappa shape index (κ1) is 16.1. The fraction of sp³-hybridized carbons (Fsp3) is 0.471. The Balaban J connectivity index is 2.20. The van der Waals surface area contributed by atoms with Crippen molar-refractivity contribution in [3.8, 4) is 11.1 Å². The topological polar surface area (TPSA) is 29.9 Å². The van der Waals surface area contributed by atoms with Gasteiger partial charge < -0.3 is 5.32 Å². The van der Waals surface area contributed by atoms with E-state index in [1.807, 2.05) is 11.6 Å². The molecular weight excluding hydrogens is 282 g/mol. The number of benzene rings is 1. The van der Waals surface area contributed by atoms with Crippen LogP contribution in [0.3, 0.4) is 0 Å². The molecule has 1 N–H and O–H groups in total. The summed E-state index contributed by atoms with van der Waals surface area (Å²) in [4.78, 5) is 0. The van der Waals surface area contributed by atoms with Gasteiger partial charge in [-0.15, -0.1) is 0 Å². The second kappa shape index (κ2) is 7.62. The molecule has 1 aromatic heterocycles. The lowest BCUT2D eigenvalue weighted by atomic mass is 10.0. The molecule has 1 heterocycles. The first-order valence-electron chi connectivity index (χ1n) is 7.69. The third kappa shape index (κ3) is 4.08. The standard InChI is InChI=1S/C17H24ClN3/c1-4-8-19-11-14-6-7-15(17(18)10-14)16-12-21(9-5-2)20-13(16)3/h6-7,10,12,19H,4-5,8-9,11H2,1-3H3. The van der Waals surface area contributed by atoms with Crippen molar-refractivity contribution in [2.24, 2.45) is 0 Å². The number of aryl methyl sites for hydroxylation is 2. The lowest BCUT2D eigenvalue weighted by Crippen LogP contribution is -2.13. The van der Waals surface area contributed by atoms with Crippen molar-refractivity contribution < 1.29 is 0 Å². The van der Waals surface area contributed by atoms with Gasteiger partial charge in [0.15, 0.2) is 0 Å². The molecule has 0 atom stereocenters. The van der Waals surface area contributed by atoms with Crippen molar-refractivity contribution in [1.82, 2.24) is 15.1 Å². The van der Waals surface area contributed by atoms with Crippen LogP contribution in [-0.2, 0) is 13.1 Å². The van der Waals surface area contributed by atoms with E-state index in [0.29, 0.717) is 0 Å². The summed E-state index contributed by atoms with van der Waals surface area (Å²) in [6.07, 6.45) is 4.31. The number of hydrogen-bond acceptors (Lipinski definition) is 2. The van der Waals surface area contributed by atoms with E-state index in [9.17, 15) is 0 Å². The predicted octanol–water partition coefficient (Wildman–Crippen LogP) is 4.42. The van der Waals surface area contributed by atoms with Gasteiger partial charge in [0, 0.05) is 35.4 Å². The zero-order valence-corrected chi connectivity index (χ0v) is 13.9. The maximum Gasteiger partial charge on any atom is 0.0672 e. The van der Waals surface area contributed by atoms with Crippen molar-refractivity contribution in [3.05, 3.63) is 40.7 Å². The normalized spacial score (nSPS) is 11.0. The average Bonchev–Trinajstić information content (AvgIpc) is 2.80. The van der Waals surface area contributed by atoms with E-state index in [4.69, 9.17) is 11.6 Å². The molecule has 2 rings (SSSR count). The van der Waals surface area contributed by atoms with Gasteiger partial charge in [-0.2, -0.15) is 5.10 Å². The van der Waals surface area contributed by atoms with E-state index in [0.717, 1.165) is 54.3 Å². The van der Waals surface area contributed by atoms with E-state index in [1.54, 1.807) is 0 Å². The molecule has 0 bridgehead atoms. The Kier molecular flexibility index (Phi) is 5.83. The van der Waals surface area contributed by atoms with Crippen LogP contribution in [0.2, 0.25) is 5.02 Å². The first-order chi connectivity index (χ1) is 10.2. The summed E-state index contributed by atoms with van der Waals surface area (Å²) < 4.78 is 2.00. The molecule has 2 aromatic rings. The van der Waals surface area contributed by atoms with Crippen molar-refractivity contribution in [2.45, 2.75) is 46.7 Å². The van der Waals surface area contributed by atoms with Crippen LogP contribution in [0, 0.1) is 6.92 Å². The zero-order chi connectivity index (χ0) is 15.2. The van der Waals surface area contributed by atoms with E-state index >= 15 is 0 Å². The van der Waals surface area contributed by atoms with Crippen LogP contribution in [0.5, 0.6) is 0 Å². The molecule has 114 valence electrons. The first-order valence-corrected chi connectivity index (χ1v) is 8.07. The van der Waals surface area contributed by atoms with E-state index in [1.165, 1.54) is 5.56 Å². The highest BCUT2D eigenvalue weighted by molar-refractivity contribution is 6.33. The van der Waals surface area contributed by atoms with Crippen molar-refractivity contribution in [2.75, 3.05) is 6.54 Å². The highest BCUT2D eigenvalue weighted by Crippen LogP contribution is 2.30. The van der Waals surface area contributed by atoms with Crippen LogP contribution >= 0.6 is 11.6 Å². The summed E-state index contributed by atoms with van der Waals surface area (Å²) in [5.74, 6) is 0. The minimum Gasteiger partial charge on any atom is -0.313 e. The number of nitrogens with one attached hydrogen (secondary N) is 1. The third-order valence-electron chi connectivity index (χ3n) is 3.48. The quantitative estimate of drug-likeness (QED) is 0.767. The summed E-state index contributed by atoms with van der Waals surface area (Å²) in [5, 5.41) is 8.74. The van der Waals surface area contributed by atoms with E-state index < -0.39 is 0 Å². The minimum absolute atomic E-state index is 0.796. The van der Waals surface area contributed by atoms with Gasteiger partial charge in [0.05, 0.1) is 5.69 Å². The lowest BCUT2D eigenvalue weighted by molar-refractivity contribution is 0.598. The van der Waals surface area contributed by atoms with Crippen LogP contribution < -0.4 is 5.32 Å². The van der Waals surface area contributed by atoms with Gasteiger partial charge >= 0.3 is 0 Å². The van der Waals surface area contributed by atoms with Gasteiger partial charge in [-0.1, -0.05) is 37.6 Å². The van der Waals surface area contributed by atoms with Crippen LogP contribution in [0.15, 0.2) is 24.4 Å². The monoisotopic (exact) mass is 305 g/mol. The summed E-state index contributed by atoms with van der Waals surface area (Å²) in [6, 6.07) is 6.29. The van der Waals surface area contributed by atoms with Gasteiger partial charge in [-0.3, -0.25) is 4.68 Å². The number of rotatable bonds is 7. The van der Waals surface area contributed by atoms with E-state index in [-0.39, 0.29) is 0 Å². The molecule has 3 nitrogen and oxygen atoms in total. The van der Waals surface area contributed by atoms with Crippen LogP contribution in [0.25, 0.3) is 11.1 Å². The molecule has 0 radical (unpaired) electrons. The maximum atomic E-state index is 6.47. The van der Waals surface area contributed by atoms with Crippen LogP contribution in [0.1, 0.15) is 37.9 Å². The van der Waals surface area contributed by atoms with Gasteiger partial charge in [0.2, 0.25) is 0 Å². The minimum atomic E-state index is 0.796. The van der Waals surface area contributed by atoms with Crippen LogP contribution in [0.4, 0.5) is 0 Å². The second-order valence-electron chi connectivity index (χ2n) is 5.38. The maximum absolute atomic E-state index is 6.47. The van der Waals surface area contributed by atoms with Gasteiger partial charge in [-0.25, -0.2) is 0 Å². The fourth-order valence-corrected chi connectivity index (χ4v) is 2.73. The summed E-state index contributed by atoms with van der Waals surface area (Å²) in [5.41, 5.74) is 4.44. The van der Waals surface area contributed by atoms with Gasteiger partial charge in [-0.05, 0) is 37.9 Å². The summed E-state index contributed by atoms with van der Waals surface area (Å²) in [6.45, 7) is 9.19. The molecular formula is C17H24ClN3. The van der Waals surface area contributed by atoms with Gasteiger partial charge in [0.25, 0.3) is 0 Å². The molecule has 0 aliphatic carbocycles. The molecule has 0 unspecified atom stereocenters. The summed E-state index contributed by atoms with van der Waals surface area (Å²) in [7, 11) is 0. The molecule has 0 spiro atoms. The Labute approximate surface area is 132 Å². The SMILES string of the molecule is CCCNCc1ccc(-c2cn(CCC)nc2C)c(Cl)c1. The van der Waals surface area contributed by atoms with Crippen molar-refractivity contribution in [1.29, 1.82) is 0 Å². The number of hydrogen-bond donors (Lipinski definition) is 1. The molecule has 0 amide bonds. The Bertz CT molecular complexity index is 590. The number of nitrogens with zero attached hydrogens (tertiary/aromatic N) is 2. The predicted molar refractivity (Wildman–Crippen MR) is 89.7 cm³/mol. The average molecular weight is 306 g/mol. The molecule has 0 aliphatic rings.